The van der Waals surface area contributed by atoms with E-state index in [9.17, 15) is 4.79 Å². The molecule has 1 amide bonds. The van der Waals surface area contributed by atoms with Gasteiger partial charge in [0.15, 0.2) is 0 Å². The first-order valence-corrected chi connectivity index (χ1v) is 6.50. The van der Waals surface area contributed by atoms with Gasteiger partial charge in [0.25, 0.3) is 0 Å². The topological polar surface area (TPSA) is 55.1 Å². The Labute approximate surface area is 95.6 Å². The standard InChI is InChI=1S/C11H18N2OS/c1-3-5-8(12)11(14)13-9-6-4-7-10(9)15-2/h1,8-10H,4-7,12H2,2H3,(H,13,14). The Morgan fingerprint density at radius 1 is 1.73 bits per heavy atom. The molecule has 0 aromatic heterocycles. The van der Waals surface area contributed by atoms with E-state index < -0.39 is 6.04 Å². The maximum atomic E-state index is 11.6. The zero-order valence-corrected chi connectivity index (χ0v) is 9.85. The van der Waals surface area contributed by atoms with E-state index in [1.165, 1.54) is 12.8 Å². The third-order valence-electron chi connectivity index (χ3n) is 2.76. The van der Waals surface area contributed by atoms with Gasteiger partial charge >= 0.3 is 0 Å². The lowest BCUT2D eigenvalue weighted by molar-refractivity contribution is -0.122. The first-order valence-electron chi connectivity index (χ1n) is 5.21. The normalized spacial score (nSPS) is 27.0. The number of amides is 1. The Morgan fingerprint density at radius 3 is 3.07 bits per heavy atom. The summed E-state index contributed by atoms with van der Waals surface area (Å²) in [4.78, 5) is 11.6. The van der Waals surface area contributed by atoms with Crippen molar-refractivity contribution in [1.29, 1.82) is 0 Å². The Balaban J connectivity index is 2.40. The Bertz CT molecular complexity index is 262. The van der Waals surface area contributed by atoms with Crippen LogP contribution in [-0.2, 0) is 4.79 Å². The summed E-state index contributed by atoms with van der Waals surface area (Å²) in [6, 6.07) is -0.283. The van der Waals surface area contributed by atoms with Gasteiger partial charge in [-0.3, -0.25) is 4.79 Å². The second-order valence-corrected chi connectivity index (χ2v) is 4.91. The molecule has 0 aromatic carbocycles. The van der Waals surface area contributed by atoms with Crippen molar-refractivity contribution < 1.29 is 4.79 Å². The van der Waals surface area contributed by atoms with Crippen LogP contribution in [0.3, 0.4) is 0 Å². The largest absolute Gasteiger partial charge is 0.351 e. The van der Waals surface area contributed by atoms with Crippen LogP contribution in [0.25, 0.3) is 0 Å². The van der Waals surface area contributed by atoms with Gasteiger partial charge in [-0.1, -0.05) is 6.42 Å². The molecule has 1 rings (SSSR count). The molecule has 0 heterocycles. The molecule has 3 unspecified atom stereocenters. The number of terminal acetylenes is 1. The highest BCUT2D eigenvalue weighted by Gasteiger charge is 2.28. The predicted molar refractivity (Wildman–Crippen MR) is 64.5 cm³/mol. The number of nitrogens with two attached hydrogens (primary N) is 1. The van der Waals surface area contributed by atoms with Gasteiger partial charge in [0.05, 0.1) is 6.04 Å². The van der Waals surface area contributed by atoms with E-state index in [0.29, 0.717) is 11.7 Å². The van der Waals surface area contributed by atoms with E-state index in [-0.39, 0.29) is 11.9 Å². The number of nitrogens with one attached hydrogen (secondary N) is 1. The molecule has 0 bridgehead atoms. The summed E-state index contributed by atoms with van der Waals surface area (Å²) in [5.74, 6) is 2.30. The molecule has 1 fully saturated rings. The molecule has 0 aliphatic heterocycles. The van der Waals surface area contributed by atoms with Gasteiger partial charge in [-0.25, -0.2) is 0 Å². The van der Waals surface area contributed by atoms with Crippen LogP contribution in [0.1, 0.15) is 25.7 Å². The number of hydrogen-bond donors (Lipinski definition) is 2. The SMILES string of the molecule is C#CCC(N)C(=O)NC1CCCC1SC. The minimum atomic E-state index is -0.557. The highest BCUT2D eigenvalue weighted by molar-refractivity contribution is 7.99. The number of carbonyl (C=O) groups excluding carboxylic acids is 1. The molecule has 0 aromatic rings. The summed E-state index contributed by atoms with van der Waals surface area (Å²) in [7, 11) is 0. The van der Waals surface area contributed by atoms with E-state index in [0.717, 1.165) is 6.42 Å². The lowest BCUT2D eigenvalue weighted by Crippen LogP contribution is -2.47. The van der Waals surface area contributed by atoms with Crippen LogP contribution in [0.15, 0.2) is 0 Å². The first-order chi connectivity index (χ1) is 7.19. The molecule has 1 aliphatic rings. The van der Waals surface area contributed by atoms with Gasteiger partial charge in [-0.2, -0.15) is 11.8 Å². The Kier molecular flexibility index (Phi) is 5.00. The molecule has 3 atom stereocenters. The van der Waals surface area contributed by atoms with Crippen LogP contribution in [-0.4, -0.2) is 29.5 Å². The van der Waals surface area contributed by atoms with E-state index in [1.54, 1.807) is 0 Å². The zero-order chi connectivity index (χ0) is 11.3. The van der Waals surface area contributed by atoms with Crippen LogP contribution >= 0.6 is 11.8 Å². The third kappa shape index (κ3) is 3.44. The minimum Gasteiger partial charge on any atom is -0.351 e. The van der Waals surface area contributed by atoms with Crippen LogP contribution in [0.2, 0.25) is 0 Å². The summed E-state index contributed by atoms with van der Waals surface area (Å²) < 4.78 is 0. The second-order valence-electron chi connectivity index (χ2n) is 3.83. The Hall–Kier alpha value is -0.660. The van der Waals surface area contributed by atoms with E-state index in [4.69, 9.17) is 12.2 Å². The van der Waals surface area contributed by atoms with E-state index >= 15 is 0 Å². The molecular weight excluding hydrogens is 208 g/mol. The van der Waals surface area contributed by atoms with Gasteiger partial charge in [-0.05, 0) is 19.1 Å². The lowest BCUT2D eigenvalue weighted by atomic mass is 10.2. The maximum absolute atomic E-state index is 11.6. The summed E-state index contributed by atoms with van der Waals surface area (Å²) in [6.45, 7) is 0. The number of carbonyl (C=O) groups is 1. The average Bonchev–Trinajstić information content (AvgIpc) is 2.65. The molecule has 0 radical (unpaired) electrons. The molecule has 1 aliphatic carbocycles. The van der Waals surface area contributed by atoms with Crippen molar-refractivity contribution in [3.8, 4) is 12.3 Å². The number of thioether (sulfide) groups is 1. The van der Waals surface area contributed by atoms with Crippen molar-refractivity contribution >= 4 is 17.7 Å². The van der Waals surface area contributed by atoms with E-state index in [1.807, 2.05) is 11.8 Å². The molecule has 15 heavy (non-hydrogen) atoms. The van der Waals surface area contributed by atoms with Crippen LogP contribution in [0, 0.1) is 12.3 Å². The summed E-state index contributed by atoms with van der Waals surface area (Å²) in [5.41, 5.74) is 5.63. The molecular formula is C11H18N2OS. The monoisotopic (exact) mass is 226 g/mol. The summed E-state index contributed by atoms with van der Waals surface area (Å²) >= 11 is 1.81. The smallest absolute Gasteiger partial charge is 0.238 e. The fourth-order valence-corrected chi connectivity index (χ4v) is 2.82. The van der Waals surface area contributed by atoms with Gasteiger partial charge in [0.2, 0.25) is 5.91 Å². The Morgan fingerprint density at radius 2 is 2.47 bits per heavy atom. The fraction of sp³-hybridized carbons (Fsp3) is 0.727. The van der Waals surface area contributed by atoms with Crippen LogP contribution in [0.4, 0.5) is 0 Å². The average molecular weight is 226 g/mol. The van der Waals surface area contributed by atoms with Gasteiger partial charge in [0, 0.05) is 17.7 Å². The highest BCUT2D eigenvalue weighted by atomic mass is 32.2. The molecule has 0 saturated heterocycles. The van der Waals surface area contributed by atoms with E-state index in [2.05, 4.69) is 17.5 Å². The van der Waals surface area contributed by atoms with Gasteiger partial charge in [-0.15, -0.1) is 12.3 Å². The maximum Gasteiger partial charge on any atom is 0.238 e. The quantitative estimate of drug-likeness (QED) is 0.695. The van der Waals surface area contributed by atoms with Gasteiger partial charge < -0.3 is 11.1 Å². The minimum absolute atomic E-state index is 0.112. The third-order valence-corrected chi connectivity index (χ3v) is 3.93. The molecule has 3 N–H and O–H groups in total. The summed E-state index contributed by atoms with van der Waals surface area (Å²) in [5, 5.41) is 3.52. The van der Waals surface area contributed by atoms with Crippen molar-refractivity contribution in [2.45, 2.75) is 43.0 Å². The predicted octanol–water partition coefficient (Wildman–Crippen LogP) is 0.737. The molecule has 0 spiro atoms. The zero-order valence-electron chi connectivity index (χ0n) is 9.03. The first kappa shape index (κ1) is 12.4. The van der Waals surface area contributed by atoms with Crippen molar-refractivity contribution in [2.75, 3.05) is 6.26 Å². The fourth-order valence-electron chi connectivity index (χ4n) is 1.88. The molecule has 1 saturated carbocycles. The summed E-state index contributed by atoms with van der Waals surface area (Å²) in [6.07, 6.45) is 10.9. The van der Waals surface area contributed by atoms with Gasteiger partial charge in [0.1, 0.15) is 0 Å². The van der Waals surface area contributed by atoms with Crippen LogP contribution < -0.4 is 11.1 Å². The van der Waals surface area contributed by atoms with Crippen molar-refractivity contribution in [1.82, 2.24) is 5.32 Å². The number of hydrogen-bond acceptors (Lipinski definition) is 3. The van der Waals surface area contributed by atoms with Crippen molar-refractivity contribution in [2.24, 2.45) is 5.73 Å². The van der Waals surface area contributed by atoms with Crippen LogP contribution in [0.5, 0.6) is 0 Å². The molecule has 4 heteroatoms. The van der Waals surface area contributed by atoms with Crippen molar-refractivity contribution in [3.63, 3.8) is 0 Å². The second kappa shape index (κ2) is 6.04. The highest BCUT2D eigenvalue weighted by Crippen LogP contribution is 2.28. The number of rotatable bonds is 4. The molecule has 3 nitrogen and oxygen atoms in total. The lowest BCUT2D eigenvalue weighted by Gasteiger charge is -2.20. The van der Waals surface area contributed by atoms with Crippen molar-refractivity contribution in [3.05, 3.63) is 0 Å². The molecule has 84 valence electrons.